The number of hydrogen-bond acceptors (Lipinski definition) is 2. The summed E-state index contributed by atoms with van der Waals surface area (Å²) >= 11 is 18.0. The van der Waals surface area contributed by atoms with Gasteiger partial charge in [-0.15, -0.1) is 0 Å². The van der Waals surface area contributed by atoms with E-state index >= 15 is 0 Å². The van der Waals surface area contributed by atoms with Crippen molar-refractivity contribution in [2.75, 3.05) is 13.2 Å². The molecule has 0 N–H and O–H groups in total. The fraction of sp³-hybridized carbons (Fsp3) is 0.556. The molecule has 5 heteroatoms. The van der Waals surface area contributed by atoms with E-state index in [9.17, 15) is 0 Å². The topological polar surface area (TPSA) is 18.5 Å². The predicted molar refractivity (Wildman–Crippen MR) is 100 cm³/mol. The van der Waals surface area contributed by atoms with Crippen LogP contribution in [-0.2, 0) is 4.74 Å². The molecule has 0 unspecified atom stereocenters. The maximum absolute atomic E-state index is 6.09. The molecule has 0 radical (unpaired) electrons. The molecule has 0 saturated heterocycles. The van der Waals surface area contributed by atoms with E-state index in [4.69, 9.17) is 44.3 Å². The SMILES string of the molecule is CCOC(C)(C)CCCC(C)=CCOc1c(Cl)cc(Cl)cc1Cl. The van der Waals surface area contributed by atoms with Gasteiger partial charge in [-0.2, -0.15) is 0 Å². The van der Waals surface area contributed by atoms with Gasteiger partial charge in [-0.25, -0.2) is 0 Å². The van der Waals surface area contributed by atoms with Gasteiger partial charge in [0.1, 0.15) is 6.61 Å². The molecule has 0 amide bonds. The van der Waals surface area contributed by atoms with Crippen LogP contribution in [0, 0.1) is 0 Å². The number of benzene rings is 1. The molecule has 1 aromatic carbocycles. The van der Waals surface area contributed by atoms with Gasteiger partial charge < -0.3 is 9.47 Å². The highest BCUT2D eigenvalue weighted by Gasteiger charge is 2.16. The zero-order valence-corrected chi connectivity index (χ0v) is 16.5. The molecular formula is C18H25Cl3O2. The van der Waals surface area contributed by atoms with Gasteiger partial charge in [-0.05, 0) is 65.2 Å². The van der Waals surface area contributed by atoms with Crippen LogP contribution in [0.3, 0.4) is 0 Å². The molecule has 0 aliphatic heterocycles. The Labute approximate surface area is 154 Å². The molecular weight excluding hydrogens is 355 g/mol. The van der Waals surface area contributed by atoms with E-state index in [0.29, 0.717) is 27.4 Å². The summed E-state index contributed by atoms with van der Waals surface area (Å²) in [4.78, 5) is 0. The molecule has 1 aromatic rings. The molecule has 0 atom stereocenters. The normalized spacial score (nSPS) is 12.6. The van der Waals surface area contributed by atoms with Gasteiger partial charge in [0.25, 0.3) is 0 Å². The monoisotopic (exact) mass is 378 g/mol. The van der Waals surface area contributed by atoms with Crippen molar-refractivity contribution in [2.24, 2.45) is 0 Å². The van der Waals surface area contributed by atoms with Crippen molar-refractivity contribution in [3.05, 3.63) is 38.8 Å². The molecule has 1 rings (SSSR count). The third-order valence-electron chi connectivity index (χ3n) is 3.51. The summed E-state index contributed by atoms with van der Waals surface area (Å²) in [6.07, 6.45) is 5.18. The van der Waals surface area contributed by atoms with Crippen molar-refractivity contribution in [3.8, 4) is 5.75 Å². The summed E-state index contributed by atoms with van der Waals surface area (Å²) in [5.74, 6) is 0.472. The minimum absolute atomic E-state index is 0.0596. The molecule has 0 fully saturated rings. The van der Waals surface area contributed by atoms with Crippen molar-refractivity contribution in [2.45, 2.75) is 52.6 Å². The average molecular weight is 380 g/mol. The Hall–Kier alpha value is -0.410. The Bertz CT molecular complexity index is 516. The zero-order chi connectivity index (χ0) is 17.5. The summed E-state index contributed by atoms with van der Waals surface area (Å²) in [5, 5.41) is 1.34. The summed E-state index contributed by atoms with van der Waals surface area (Å²) in [7, 11) is 0. The molecule has 0 saturated carbocycles. The molecule has 23 heavy (non-hydrogen) atoms. The van der Waals surface area contributed by atoms with Crippen molar-refractivity contribution in [1.82, 2.24) is 0 Å². The highest BCUT2D eigenvalue weighted by molar-refractivity contribution is 6.40. The summed E-state index contributed by atoms with van der Waals surface area (Å²) in [5.41, 5.74) is 1.22. The first-order valence-electron chi connectivity index (χ1n) is 7.82. The fourth-order valence-electron chi connectivity index (χ4n) is 2.29. The van der Waals surface area contributed by atoms with E-state index in [-0.39, 0.29) is 5.60 Å². The Balaban J connectivity index is 2.43. The van der Waals surface area contributed by atoms with Crippen molar-refractivity contribution in [1.29, 1.82) is 0 Å². The minimum Gasteiger partial charge on any atom is -0.486 e. The van der Waals surface area contributed by atoms with E-state index < -0.39 is 0 Å². The number of rotatable bonds is 9. The minimum atomic E-state index is -0.0596. The molecule has 0 bridgehead atoms. The smallest absolute Gasteiger partial charge is 0.157 e. The second-order valence-electron chi connectivity index (χ2n) is 6.11. The van der Waals surface area contributed by atoms with Crippen molar-refractivity contribution < 1.29 is 9.47 Å². The first-order valence-corrected chi connectivity index (χ1v) is 8.95. The van der Waals surface area contributed by atoms with Crippen LogP contribution in [0.5, 0.6) is 5.75 Å². The predicted octanol–water partition coefficient (Wildman–Crippen LogP) is 6.96. The van der Waals surface area contributed by atoms with Crippen LogP contribution in [0.2, 0.25) is 15.1 Å². The van der Waals surface area contributed by atoms with Gasteiger partial charge in [0.05, 0.1) is 15.6 Å². The van der Waals surface area contributed by atoms with Gasteiger partial charge in [0.15, 0.2) is 5.75 Å². The summed E-state index contributed by atoms with van der Waals surface area (Å²) in [6.45, 7) is 9.56. The van der Waals surface area contributed by atoms with Crippen LogP contribution in [0.25, 0.3) is 0 Å². The Kier molecular flexibility index (Phi) is 8.78. The average Bonchev–Trinajstić information content (AvgIpc) is 2.41. The fourth-order valence-corrected chi connectivity index (χ4v) is 3.22. The lowest BCUT2D eigenvalue weighted by atomic mass is 9.99. The van der Waals surface area contributed by atoms with Gasteiger partial charge in [0.2, 0.25) is 0 Å². The summed E-state index contributed by atoms with van der Waals surface area (Å²) in [6, 6.07) is 3.24. The maximum atomic E-state index is 6.09. The number of ether oxygens (including phenoxy) is 2. The Morgan fingerprint density at radius 3 is 2.35 bits per heavy atom. The van der Waals surface area contributed by atoms with E-state index in [2.05, 4.69) is 26.8 Å². The lowest BCUT2D eigenvalue weighted by Gasteiger charge is -2.24. The van der Waals surface area contributed by atoms with Crippen molar-refractivity contribution in [3.63, 3.8) is 0 Å². The lowest BCUT2D eigenvalue weighted by Crippen LogP contribution is -2.24. The standard InChI is InChI=1S/C18H25Cl3O2/c1-5-23-18(3,4)9-6-7-13(2)8-10-22-17-15(20)11-14(19)12-16(17)21/h8,11-12H,5-7,9-10H2,1-4H3. The number of allylic oxidation sites excluding steroid dienone is 1. The van der Waals surface area contributed by atoms with Crippen molar-refractivity contribution >= 4 is 34.8 Å². The lowest BCUT2D eigenvalue weighted by molar-refractivity contribution is -0.0173. The molecule has 0 aliphatic rings. The molecule has 130 valence electrons. The van der Waals surface area contributed by atoms with E-state index in [0.717, 1.165) is 25.9 Å². The quantitative estimate of drug-likeness (QED) is 0.432. The molecule has 0 aromatic heterocycles. The van der Waals surface area contributed by atoms with Gasteiger partial charge in [-0.1, -0.05) is 40.4 Å². The first-order chi connectivity index (χ1) is 10.7. The van der Waals surface area contributed by atoms with Gasteiger partial charge in [0, 0.05) is 11.6 Å². The van der Waals surface area contributed by atoms with Crippen LogP contribution >= 0.6 is 34.8 Å². The largest absolute Gasteiger partial charge is 0.486 e. The van der Waals surface area contributed by atoms with Crippen LogP contribution in [0.1, 0.15) is 47.0 Å². The van der Waals surface area contributed by atoms with E-state index in [1.807, 2.05) is 6.92 Å². The third kappa shape index (κ3) is 7.80. The summed E-state index contributed by atoms with van der Waals surface area (Å²) < 4.78 is 11.4. The van der Waals surface area contributed by atoms with E-state index in [1.165, 1.54) is 5.57 Å². The molecule has 0 spiro atoms. The second kappa shape index (κ2) is 9.78. The van der Waals surface area contributed by atoms with Crippen LogP contribution in [-0.4, -0.2) is 18.8 Å². The van der Waals surface area contributed by atoms with Crippen LogP contribution in [0.4, 0.5) is 0 Å². The highest BCUT2D eigenvalue weighted by atomic mass is 35.5. The number of hydrogen-bond donors (Lipinski definition) is 0. The van der Waals surface area contributed by atoms with Crippen LogP contribution < -0.4 is 4.74 Å². The maximum Gasteiger partial charge on any atom is 0.157 e. The molecule has 0 aliphatic carbocycles. The second-order valence-corrected chi connectivity index (χ2v) is 7.36. The Morgan fingerprint density at radius 2 is 1.78 bits per heavy atom. The third-order valence-corrected chi connectivity index (χ3v) is 4.29. The van der Waals surface area contributed by atoms with Gasteiger partial charge >= 0.3 is 0 Å². The first kappa shape index (κ1) is 20.6. The Morgan fingerprint density at radius 1 is 1.17 bits per heavy atom. The molecule has 2 nitrogen and oxygen atoms in total. The highest BCUT2D eigenvalue weighted by Crippen LogP contribution is 2.35. The van der Waals surface area contributed by atoms with Gasteiger partial charge in [-0.3, -0.25) is 0 Å². The van der Waals surface area contributed by atoms with Crippen LogP contribution in [0.15, 0.2) is 23.8 Å². The number of halogens is 3. The molecule has 0 heterocycles. The van der Waals surface area contributed by atoms with E-state index in [1.54, 1.807) is 12.1 Å². The zero-order valence-electron chi connectivity index (χ0n) is 14.2.